The first-order valence-corrected chi connectivity index (χ1v) is 13.6. The van der Waals surface area contributed by atoms with Crippen LogP contribution in [0.4, 0.5) is 10.2 Å². The average Bonchev–Trinajstić information content (AvgIpc) is 2.88. The third kappa shape index (κ3) is 5.00. The molecule has 1 atom stereocenters. The molecule has 198 valence electrons. The zero-order valence-electron chi connectivity index (χ0n) is 22.7. The lowest BCUT2D eigenvalue weighted by atomic mass is 9.90. The van der Waals surface area contributed by atoms with E-state index in [1.165, 1.54) is 11.6 Å². The van der Waals surface area contributed by atoms with E-state index in [2.05, 4.69) is 74.2 Å². The number of hydrogen-bond acceptors (Lipinski definition) is 5. The van der Waals surface area contributed by atoms with Gasteiger partial charge >= 0.3 is 0 Å². The minimum Gasteiger partial charge on any atom is -0.351 e. The maximum absolute atomic E-state index is 15.0. The SMILES string of the molecule is CC(C)c1ccccc1-c1c(CN(C)C)nc(N2CCNC[C@@H]2C)c2cc(Cl)c(-c3ccccc3F)nc12. The molecule has 1 saturated heterocycles. The molecule has 2 aromatic heterocycles. The molecule has 3 heterocycles. The highest BCUT2D eigenvalue weighted by atomic mass is 35.5. The van der Waals surface area contributed by atoms with Crippen LogP contribution in [0.25, 0.3) is 33.3 Å². The van der Waals surface area contributed by atoms with Crippen molar-refractivity contribution < 1.29 is 4.39 Å². The molecule has 0 unspecified atom stereocenters. The number of nitrogens with zero attached hydrogens (tertiary/aromatic N) is 4. The molecule has 0 aliphatic carbocycles. The third-order valence-electron chi connectivity index (χ3n) is 7.20. The van der Waals surface area contributed by atoms with Gasteiger partial charge in [0.25, 0.3) is 0 Å². The van der Waals surface area contributed by atoms with Crippen LogP contribution in [-0.4, -0.2) is 54.6 Å². The minimum absolute atomic E-state index is 0.255. The second-order valence-corrected chi connectivity index (χ2v) is 11.1. The Morgan fingerprint density at radius 1 is 1.08 bits per heavy atom. The van der Waals surface area contributed by atoms with E-state index in [4.69, 9.17) is 21.6 Å². The van der Waals surface area contributed by atoms with Gasteiger partial charge in [0.2, 0.25) is 0 Å². The zero-order valence-corrected chi connectivity index (χ0v) is 23.5. The predicted molar refractivity (Wildman–Crippen MR) is 157 cm³/mol. The van der Waals surface area contributed by atoms with Gasteiger partial charge in [0.1, 0.15) is 11.6 Å². The Morgan fingerprint density at radius 3 is 2.47 bits per heavy atom. The summed E-state index contributed by atoms with van der Waals surface area (Å²) in [5.74, 6) is 0.842. The van der Waals surface area contributed by atoms with Crippen molar-refractivity contribution in [3.8, 4) is 22.4 Å². The number of nitrogens with one attached hydrogen (secondary N) is 1. The van der Waals surface area contributed by atoms with Crippen LogP contribution < -0.4 is 10.2 Å². The Kier molecular flexibility index (Phi) is 7.66. The van der Waals surface area contributed by atoms with Crippen LogP contribution in [0.3, 0.4) is 0 Å². The number of anilines is 1. The monoisotopic (exact) mass is 531 g/mol. The van der Waals surface area contributed by atoms with E-state index >= 15 is 0 Å². The van der Waals surface area contributed by atoms with Crippen LogP contribution in [0.2, 0.25) is 5.02 Å². The van der Waals surface area contributed by atoms with Gasteiger partial charge in [-0.05, 0) is 56.3 Å². The normalized spacial score (nSPS) is 16.1. The first kappa shape index (κ1) is 26.5. The number of aromatic nitrogens is 2. The molecule has 1 fully saturated rings. The Bertz CT molecular complexity index is 1470. The number of piperazine rings is 1. The molecule has 0 bridgehead atoms. The molecule has 1 N–H and O–H groups in total. The van der Waals surface area contributed by atoms with Gasteiger partial charge in [-0.1, -0.05) is 61.8 Å². The van der Waals surface area contributed by atoms with Crippen LogP contribution in [0, 0.1) is 5.82 Å². The van der Waals surface area contributed by atoms with Gasteiger partial charge in [0, 0.05) is 48.7 Å². The van der Waals surface area contributed by atoms with Crippen molar-refractivity contribution in [3.63, 3.8) is 0 Å². The van der Waals surface area contributed by atoms with Crippen molar-refractivity contribution in [2.75, 3.05) is 38.6 Å². The maximum atomic E-state index is 15.0. The zero-order chi connectivity index (χ0) is 27.0. The lowest BCUT2D eigenvalue weighted by molar-refractivity contribution is 0.397. The molecule has 4 aromatic rings. The summed E-state index contributed by atoms with van der Waals surface area (Å²) >= 11 is 6.87. The second-order valence-electron chi connectivity index (χ2n) is 10.7. The molecule has 5 nitrogen and oxygen atoms in total. The largest absolute Gasteiger partial charge is 0.351 e. The number of fused-ring (bicyclic) bond motifs is 1. The minimum atomic E-state index is -0.344. The number of hydrogen-bond donors (Lipinski definition) is 1. The Morgan fingerprint density at radius 2 is 1.79 bits per heavy atom. The van der Waals surface area contributed by atoms with Gasteiger partial charge in [-0.2, -0.15) is 0 Å². The quantitative estimate of drug-likeness (QED) is 0.298. The summed E-state index contributed by atoms with van der Waals surface area (Å²) in [6.07, 6.45) is 0. The fourth-order valence-corrected chi connectivity index (χ4v) is 5.63. The van der Waals surface area contributed by atoms with E-state index in [1.54, 1.807) is 12.1 Å². The molecule has 1 aliphatic rings. The van der Waals surface area contributed by atoms with Crippen LogP contribution in [-0.2, 0) is 6.54 Å². The summed E-state index contributed by atoms with van der Waals surface area (Å²) in [4.78, 5) is 15.0. The van der Waals surface area contributed by atoms with Gasteiger partial charge < -0.3 is 15.1 Å². The van der Waals surface area contributed by atoms with E-state index in [0.29, 0.717) is 28.7 Å². The van der Waals surface area contributed by atoms with Crippen molar-refractivity contribution in [3.05, 3.63) is 76.7 Å². The molecular weight excluding hydrogens is 497 g/mol. The van der Waals surface area contributed by atoms with Gasteiger partial charge in [0.15, 0.2) is 0 Å². The van der Waals surface area contributed by atoms with Gasteiger partial charge in [-0.3, -0.25) is 0 Å². The number of halogens is 2. The van der Waals surface area contributed by atoms with Crippen molar-refractivity contribution in [2.45, 2.75) is 39.3 Å². The topological polar surface area (TPSA) is 44.3 Å². The summed E-state index contributed by atoms with van der Waals surface area (Å²) in [6, 6.07) is 17.3. The molecule has 7 heteroatoms. The molecule has 0 radical (unpaired) electrons. The van der Waals surface area contributed by atoms with E-state index in [9.17, 15) is 4.39 Å². The fourth-order valence-electron chi connectivity index (χ4n) is 5.37. The highest BCUT2D eigenvalue weighted by molar-refractivity contribution is 6.34. The third-order valence-corrected chi connectivity index (χ3v) is 7.49. The van der Waals surface area contributed by atoms with Gasteiger partial charge in [-0.25, -0.2) is 14.4 Å². The van der Waals surface area contributed by atoms with Crippen LogP contribution in [0.5, 0.6) is 0 Å². The van der Waals surface area contributed by atoms with Gasteiger partial charge in [0.05, 0.1) is 21.9 Å². The number of rotatable bonds is 6. The van der Waals surface area contributed by atoms with E-state index in [1.807, 2.05) is 12.1 Å². The highest BCUT2D eigenvalue weighted by Crippen LogP contribution is 2.42. The standard InChI is InChI=1S/C31H35ClFN5/c1-19(2)21-10-6-7-11-22(21)28-27(18-37(4)5)35-31(38-15-14-34-17-20(38)3)24-16-25(32)29(36-30(24)28)23-12-8-9-13-26(23)33/h6-13,16,19-20,34H,14-15,17-18H2,1-5H3/t20-/m0/s1. The molecule has 0 spiro atoms. The second kappa shape index (κ2) is 11.0. The summed E-state index contributed by atoms with van der Waals surface area (Å²) in [5.41, 5.74) is 5.90. The predicted octanol–water partition coefficient (Wildman–Crippen LogP) is 6.74. The van der Waals surface area contributed by atoms with E-state index in [-0.39, 0.29) is 11.9 Å². The first-order chi connectivity index (χ1) is 18.3. The Hall–Kier alpha value is -3.06. The average molecular weight is 532 g/mol. The molecule has 38 heavy (non-hydrogen) atoms. The van der Waals surface area contributed by atoms with Crippen molar-refractivity contribution in [1.82, 2.24) is 20.2 Å². The Labute approximate surface area is 229 Å². The molecule has 0 saturated carbocycles. The lowest BCUT2D eigenvalue weighted by Gasteiger charge is -2.36. The highest BCUT2D eigenvalue weighted by Gasteiger charge is 2.27. The number of benzene rings is 2. The molecule has 2 aromatic carbocycles. The van der Waals surface area contributed by atoms with Crippen molar-refractivity contribution in [1.29, 1.82) is 0 Å². The summed E-state index contributed by atoms with van der Waals surface area (Å²) in [5, 5.41) is 4.78. The molecular formula is C31H35ClFN5. The molecule has 5 rings (SSSR count). The first-order valence-electron chi connectivity index (χ1n) is 13.3. The summed E-state index contributed by atoms with van der Waals surface area (Å²) in [7, 11) is 4.11. The smallest absolute Gasteiger partial charge is 0.138 e. The maximum Gasteiger partial charge on any atom is 0.138 e. The molecule has 1 aliphatic heterocycles. The van der Waals surface area contributed by atoms with Crippen molar-refractivity contribution >= 4 is 28.3 Å². The van der Waals surface area contributed by atoms with Crippen LogP contribution in [0.15, 0.2) is 54.6 Å². The summed E-state index contributed by atoms with van der Waals surface area (Å²) < 4.78 is 15.0. The number of pyridine rings is 2. The van der Waals surface area contributed by atoms with Crippen molar-refractivity contribution in [2.24, 2.45) is 0 Å². The summed E-state index contributed by atoms with van der Waals surface area (Å²) in [6.45, 7) is 9.83. The van der Waals surface area contributed by atoms with E-state index in [0.717, 1.165) is 53.2 Å². The fraction of sp³-hybridized carbons (Fsp3) is 0.355. The molecule has 0 amide bonds. The van der Waals surface area contributed by atoms with Gasteiger partial charge in [-0.15, -0.1) is 0 Å². The van der Waals surface area contributed by atoms with Crippen LogP contribution >= 0.6 is 11.6 Å². The lowest BCUT2D eigenvalue weighted by Crippen LogP contribution is -2.50. The van der Waals surface area contributed by atoms with E-state index < -0.39 is 0 Å². The Balaban J connectivity index is 1.91. The van der Waals surface area contributed by atoms with Crippen LogP contribution in [0.1, 0.15) is 37.9 Å².